The van der Waals surface area contributed by atoms with Crippen molar-refractivity contribution in [3.8, 4) is 0 Å². The first-order valence-corrected chi connectivity index (χ1v) is 6.29. The lowest BCUT2D eigenvalue weighted by Gasteiger charge is -2.26. The Morgan fingerprint density at radius 2 is 1.83 bits per heavy atom. The van der Waals surface area contributed by atoms with E-state index in [1.54, 1.807) is 4.90 Å². The maximum atomic E-state index is 12.0. The third-order valence-electron chi connectivity index (χ3n) is 2.61. The number of nitrogens with two attached hydrogens (primary N) is 1. The van der Waals surface area contributed by atoms with Gasteiger partial charge in [-0.2, -0.15) is 0 Å². The Morgan fingerprint density at radius 1 is 1.22 bits per heavy atom. The van der Waals surface area contributed by atoms with Crippen LogP contribution in [0.5, 0.6) is 0 Å². The van der Waals surface area contributed by atoms with Crippen LogP contribution in [0, 0.1) is 0 Å². The van der Waals surface area contributed by atoms with E-state index in [-0.39, 0.29) is 18.7 Å². The molecule has 0 aromatic carbocycles. The molecule has 18 heavy (non-hydrogen) atoms. The summed E-state index contributed by atoms with van der Waals surface area (Å²) in [6.07, 6.45) is 0.988. The Labute approximate surface area is 109 Å². The van der Waals surface area contributed by atoms with Gasteiger partial charge in [-0.3, -0.25) is 9.59 Å². The van der Waals surface area contributed by atoms with Gasteiger partial charge in [0.25, 0.3) is 0 Å². The van der Waals surface area contributed by atoms with Crippen LogP contribution in [0.15, 0.2) is 0 Å². The lowest BCUT2D eigenvalue weighted by molar-refractivity contribution is -0.137. The molecule has 1 amide bonds. The van der Waals surface area contributed by atoms with Crippen LogP contribution in [0.2, 0.25) is 0 Å². The maximum Gasteiger partial charge on any atom is 0.303 e. The largest absolute Gasteiger partial charge is 0.481 e. The van der Waals surface area contributed by atoms with Crippen molar-refractivity contribution in [3.05, 3.63) is 0 Å². The summed E-state index contributed by atoms with van der Waals surface area (Å²) in [5, 5.41) is 8.58. The first-order chi connectivity index (χ1) is 8.38. The molecular weight excluding hydrogens is 234 g/mol. The first-order valence-electron chi connectivity index (χ1n) is 6.29. The summed E-state index contributed by atoms with van der Waals surface area (Å²) in [6, 6.07) is -0.713. The Hall–Kier alpha value is -1.14. The molecule has 0 aliphatic heterocycles. The fourth-order valence-electron chi connectivity index (χ4n) is 1.56. The molecular formula is C12H25N3O3. The van der Waals surface area contributed by atoms with E-state index in [9.17, 15) is 9.59 Å². The van der Waals surface area contributed by atoms with Gasteiger partial charge in [-0.1, -0.05) is 6.92 Å². The molecule has 0 spiro atoms. The van der Waals surface area contributed by atoms with E-state index in [4.69, 9.17) is 10.8 Å². The van der Waals surface area contributed by atoms with Gasteiger partial charge in [0.2, 0.25) is 5.91 Å². The third-order valence-corrected chi connectivity index (χ3v) is 2.61. The molecule has 6 nitrogen and oxygen atoms in total. The number of carbonyl (C=O) groups is 2. The number of carboxylic acids is 1. The van der Waals surface area contributed by atoms with Crippen LogP contribution in [-0.2, 0) is 9.59 Å². The third kappa shape index (κ3) is 7.24. The van der Waals surface area contributed by atoms with Crippen LogP contribution in [-0.4, -0.2) is 66.6 Å². The molecule has 0 rings (SSSR count). The first kappa shape index (κ1) is 16.9. The molecule has 106 valence electrons. The van der Waals surface area contributed by atoms with Gasteiger partial charge >= 0.3 is 5.97 Å². The summed E-state index contributed by atoms with van der Waals surface area (Å²) >= 11 is 0. The number of aliphatic carboxylic acids is 1. The van der Waals surface area contributed by atoms with E-state index >= 15 is 0 Å². The zero-order chi connectivity index (χ0) is 14.1. The van der Waals surface area contributed by atoms with Crippen LogP contribution >= 0.6 is 0 Å². The molecule has 0 heterocycles. The smallest absolute Gasteiger partial charge is 0.303 e. The van der Waals surface area contributed by atoms with Crippen molar-refractivity contribution in [2.24, 2.45) is 5.73 Å². The van der Waals surface area contributed by atoms with Crippen LogP contribution in [0.25, 0.3) is 0 Å². The van der Waals surface area contributed by atoms with Gasteiger partial charge in [0.1, 0.15) is 0 Å². The van der Waals surface area contributed by atoms with Crippen molar-refractivity contribution in [1.82, 2.24) is 9.80 Å². The lowest BCUT2D eigenvalue weighted by Crippen LogP contribution is -2.46. The molecule has 1 atom stereocenters. The highest BCUT2D eigenvalue weighted by atomic mass is 16.4. The Bertz CT molecular complexity index is 269. The van der Waals surface area contributed by atoms with Gasteiger partial charge in [0.05, 0.1) is 6.04 Å². The molecule has 0 radical (unpaired) electrons. The highest BCUT2D eigenvalue weighted by molar-refractivity contribution is 5.82. The van der Waals surface area contributed by atoms with Gasteiger partial charge in [0.15, 0.2) is 0 Å². The number of nitrogens with zero attached hydrogens (tertiary/aromatic N) is 2. The quantitative estimate of drug-likeness (QED) is 0.607. The molecule has 0 fully saturated rings. The van der Waals surface area contributed by atoms with E-state index < -0.39 is 12.0 Å². The van der Waals surface area contributed by atoms with Crippen molar-refractivity contribution >= 4 is 11.9 Å². The highest BCUT2D eigenvalue weighted by Gasteiger charge is 2.20. The number of hydrogen-bond acceptors (Lipinski definition) is 4. The van der Waals surface area contributed by atoms with Crippen molar-refractivity contribution in [2.75, 3.05) is 33.7 Å². The molecule has 0 aromatic rings. The zero-order valence-electron chi connectivity index (χ0n) is 11.6. The monoisotopic (exact) mass is 259 g/mol. The number of likely N-dealkylation sites (N-methyl/N-ethyl adjacent to an activating group) is 1. The number of carbonyl (C=O) groups excluding carboxylic acids is 1. The van der Waals surface area contributed by atoms with Gasteiger partial charge < -0.3 is 20.6 Å². The van der Waals surface area contributed by atoms with Crippen LogP contribution in [0.1, 0.15) is 26.2 Å². The van der Waals surface area contributed by atoms with Crippen molar-refractivity contribution in [3.63, 3.8) is 0 Å². The number of amides is 1. The van der Waals surface area contributed by atoms with E-state index in [0.29, 0.717) is 13.1 Å². The molecule has 6 heteroatoms. The molecule has 0 saturated carbocycles. The number of rotatable bonds is 9. The van der Waals surface area contributed by atoms with E-state index in [1.165, 1.54) is 0 Å². The molecule has 0 aromatic heterocycles. The zero-order valence-corrected chi connectivity index (χ0v) is 11.6. The van der Waals surface area contributed by atoms with E-state index in [1.807, 2.05) is 25.9 Å². The maximum absolute atomic E-state index is 12.0. The van der Waals surface area contributed by atoms with Crippen LogP contribution in [0.4, 0.5) is 0 Å². The SMILES string of the molecule is CCCN(CCN(C)C)C(=O)C(N)CCC(=O)O. The molecule has 3 N–H and O–H groups in total. The second-order valence-electron chi connectivity index (χ2n) is 4.67. The van der Waals surface area contributed by atoms with Gasteiger partial charge in [-0.05, 0) is 26.9 Å². The fraction of sp³-hybridized carbons (Fsp3) is 0.833. The van der Waals surface area contributed by atoms with Gasteiger partial charge in [0, 0.05) is 26.1 Å². The van der Waals surface area contributed by atoms with Crippen LogP contribution in [0.3, 0.4) is 0 Å². The second-order valence-corrected chi connectivity index (χ2v) is 4.67. The number of hydrogen-bond donors (Lipinski definition) is 2. The topological polar surface area (TPSA) is 86.9 Å². The minimum absolute atomic E-state index is 0.0689. The number of carboxylic acid groups (broad SMARTS) is 1. The average Bonchev–Trinajstić information content (AvgIpc) is 2.30. The van der Waals surface area contributed by atoms with E-state index in [0.717, 1.165) is 13.0 Å². The standard InChI is InChI=1S/C12H25N3O3/c1-4-7-15(9-8-14(2)3)12(18)10(13)5-6-11(16)17/h10H,4-9,13H2,1-3H3,(H,16,17). The molecule has 0 bridgehead atoms. The highest BCUT2D eigenvalue weighted by Crippen LogP contribution is 2.02. The Balaban J connectivity index is 4.30. The summed E-state index contributed by atoms with van der Waals surface area (Å²) in [6.45, 7) is 4.06. The molecule has 0 aliphatic carbocycles. The molecule has 0 aliphatic rings. The van der Waals surface area contributed by atoms with Crippen molar-refractivity contribution in [1.29, 1.82) is 0 Å². The predicted octanol–water partition coefficient (Wildman–Crippen LogP) is -0.0213. The lowest BCUT2D eigenvalue weighted by atomic mass is 10.1. The van der Waals surface area contributed by atoms with Crippen LogP contribution < -0.4 is 5.73 Å². The summed E-state index contributed by atoms with van der Waals surface area (Å²) < 4.78 is 0. The van der Waals surface area contributed by atoms with E-state index in [2.05, 4.69) is 0 Å². The summed E-state index contributed by atoms with van der Waals surface area (Å²) in [4.78, 5) is 26.2. The minimum Gasteiger partial charge on any atom is -0.481 e. The Morgan fingerprint density at radius 3 is 2.28 bits per heavy atom. The van der Waals surface area contributed by atoms with Crippen molar-refractivity contribution < 1.29 is 14.7 Å². The van der Waals surface area contributed by atoms with Crippen molar-refractivity contribution in [2.45, 2.75) is 32.2 Å². The molecule has 1 unspecified atom stereocenters. The van der Waals surface area contributed by atoms with Gasteiger partial charge in [-0.15, -0.1) is 0 Å². The summed E-state index contributed by atoms with van der Waals surface area (Å²) in [7, 11) is 3.89. The summed E-state index contributed by atoms with van der Waals surface area (Å²) in [5.41, 5.74) is 5.73. The molecule has 0 saturated heterocycles. The minimum atomic E-state index is -0.923. The summed E-state index contributed by atoms with van der Waals surface area (Å²) in [5.74, 6) is -1.08. The van der Waals surface area contributed by atoms with Gasteiger partial charge in [-0.25, -0.2) is 0 Å². The Kier molecular flexibility index (Phi) is 8.32. The fourth-order valence-corrected chi connectivity index (χ4v) is 1.56. The predicted molar refractivity (Wildman–Crippen MR) is 70.3 cm³/mol. The normalized spacial score (nSPS) is 12.5. The second kappa shape index (κ2) is 8.88. The average molecular weight is 259 g/mol.